The molecule has 150 valence electrons. The van der Waals surface area contributed by atoms with Gasteiger partial charge in [-0.3, -0.25) is 9.80 Å². The number of hydrogen-bond donors (Lipinski definition) is 1. The minimum absolute atomic E-state index is 0. The van der Waals surface area contributed by atoms with Crippen LogP contribution in [0.3, 0.4) is 0 Å². The Kier molecular flexibility index (Phi) is 29.0. The molecule has 0 spiro atoms. The van der Waals surface area contributed by atoms with E-state index in [0.29, 0.717) is 6.42 Å². The summed E-state index contributed by atoms with van der Waals surface area (Å²) in [6.45, 7) is 5.67. The second-order valence-corrected chi connectivity index (χ2v) is 6.18. The average molecular weight is 489 g/mol. The van der Waals surface area contributed by atoms with Crippen molar-refractivity contribution in [3.63, 3.8) is 0 Å². The van der Waals surface area contributed by atoms with Crippen molar-refractivity contribution in [1.82, 2.24) is 9.80 Å². The molecule has 0 fully saturated rings. The number of aliphatic hydroxyl groups is 1. The van der Waals surface area contributed by atoms with Crippen LogP contribution in [-0.4, -0.2) is 76.7 Å². The van der Waals surface area contributed by atoms with Gasteiger partial charge in [-0.25, -0.2) is 0 Å². The van der Waals surface area contributed by atoms with E-state index in [1.165, 1.54) is 25.7 Å². The number of nitrogens with zero attached hydrogens (tertiary/aromatic N) is 2. The van der Waals surface area contributed by atoms with Gasteiger partial charge in [-0.1, -0.05) is 12.2 Å². The smallest absolute Gasteiger partial charge is 0.548 e. The fraction of sp³-hybridized carbons (Fsp3) is 0.706. The summed E-state index contributed by atoms with van der Waals surface area (Å²) < 4.78 is 0. The first-order valence-corrected chi connectivity index (χ1v) is 8.44. The summed E-state index contributed by atoms with van der Waals surface area (Å²) in [6, 6.07) is -3.47. The minimum atomic E-state index is -1.45. The number of carbonyl (C=O) groups is 3. The van der Waals surface area contributed by atoms with E-state index in [1.54, 1.807) is 19.1 Å². The van der Waals surface area contributed by atoms with Crippen LogP contribution < -0.4 is 169 Å². The van der Waals surface area contributed by atoms with Crippen molar-refractivity contribution in [2.75, 3.05) is 19.6 Å². The van der Waals surface area contributed by atoms with Gasteiger partial charge in [0.05, 0.1) is 24.0 Å². The van der Waals surface area contributed by atoms with Crippen LogP contribution in [0.4, 0.5) is 0 Å². The Bertz CT molecular complexity index is 503. The molecule has 9 nitrogen and oxygen atoms in total. The molecule has 0 bridgehead atoms. The molecule has 0 aliphatic carbocycles. The Morgan fingerprint density at radius 2 is 1.28 bits per heavy atom. The maximum Gasteiger partial charge on any atom is 1.00 e. The summed E-state index contributed by atoms with van der Waals surface area (Å²) in [5.74, 6) is -4.26. The standard InChI is InChI=1S/C17H30N2O7.3K/c1-5-6-7-14(20)10-18(11(2)15(21)22)8-9-19(12(3)16(23)24)13(4)17(25)26;;;/h5-6,11-14,20H,7-10H2,1-4H3,(H,21,22)(H,23,24)(H,25,26);;;/q;3*+1/p-3/b6-5+;;;. The maximum atomic E-state index is 11.2. The van der Waals surface area contributed by atoms with E-state index < -0.39 is 42.1 Å². The van der Waals surface area contributed by atoms with Gasteiger partial charge in [0.2, 0.25) is 0 Å². The fourth-order valence-corrected chi connectivity index (χ4v) is 2.47. The fourth-order valence-electron chi connectivity index (χ4n) is 2.47. The Labute approximate surface area is 300 Å². The minimum Gasteiger partial charge on any atom is -0.548 e. The van der Waals surface area contributed by atoms with Gasteiger partial charge in [0.1, 0.15) is 0 Å². The number of carboxylic acid groups (broad SMARTS) is 3. The first kappa shape index (κ1) is 39.2. The van der Waals surface area contributed by atoms with Crippen molar-refractivity contribution in [1.29, 1.82) is 0 Å². The second kappa shape index (κ2) is 21.5. The number of hydrogen-bond acceptors (Lipinski definition) is 9. The van der Waals surface area contributed by atoms with Crippen LogP contribution in [0, 0.1) is 0 Å². The molecular weight excluding hydrogens is 461 g/mol. The van der Waals surface area contributed by atoms with Crippen LogP contribution in [0.15, 0.2) is 12.2 Å². The molecule has 29 heavy (non-hydrogen) atoms. The van der Waals surface area contributed by atoms with Crippen molar-refractivity contribution in [2.45, 2.75) is 58.3 Å². The van der Waals surface area contributed by atoms with Crippen molar-refractivity contribution in [3.8, 4) is 0 Å². The van der Waals surface area contributed by atoms with Crippen LogP contribution in [0.5, 0.6) is 0 Å². The molecule has 0 saturated heterocycles. The van der Waals surface area contributed by atoms with Crippen molar-refractivity contribution >= 4 is 17.9 Å². The largest absolute Gasteiger partial charge is 1.00 e. The quantitative estimate of drug-likeness (QED) is 0.197. The van der Waals surface area contributed by atoms with E-state index in [9.17, 15) is 34.8 Å². The van der Waals surface area contributed by atoms with E-state index in [1.807, 2.05) is 0 Å². The number of carbonyl (C=O) groups excluding carboxylic acids is 3. The molecular formula is C17H27K3N2O7. The molecule has 0 amide bonds. The van der Waals surface area contributed by atoms with Gasteiger partial charge in [0.15, 0.2) is 0 Å². The van der Waals surface area contributed by atoms with Gasteiger partial charge in [0.25, 0.3) is 0 Å². The first-order chi connectivity index (χ1) is 12.0. The van der Waals surface area contributed by atoms with Gasteiger partial charge in [-0.15, -0.1) is 0 Å². The zero-order valence-electron chi connectivity index (χ0n) is 18.6. The summed E-state index contributed by atoms with van der Waals surface area (Å²) in [4.78, 5) is 36.0. The van der Waals surface area contributed by atoms with Crippen LogP contribution in [-0.2, 0) is 14.4 Å². The van der Waals surface area contributed by atoms with Gasteiger partial charge >= 0.3 is 154 Å². The third-order valence-electron chi connectivity index (χ3n) is 4.30. The molecule has 0 radical (unpaired) electrons. The van der Waals surface area contributed by atoms with Crippen LogP contribution in [0.1, 0.15) is 34.1 Å². The zero-order valence-corrected chi connectivity index (χ0v) is 28.0. The third-order valence-corrected chi connectivity index (χ3v) is 4.30. The SMILES string of the molecule is C/C=C/CC(O)CN(CCN(C(C)C(=O)[O-])C(C)C(=O)[O-])C(C)C(=O)[O-].[K+].[K+].[K+]. The molecule has 0 rings (SSSR count). The zero-order chi connectivity index (χ0) is 20.4. The average Bonchev–Trinajstić information content (AvgIpc) is 2.57. The Morgan fingerprint density at radius 3 is 1.62 bits per heavy atom. The van der Waals surface area contributed by atoms with Crippen molar-refractivity contribution < 1.29 is 189 Å². The molecule has 0 aromatic carbocycles. The molecule has 0 heterocycles. The molecule has 0 aromatic rings. The van der Waals surface area contributed by atoms with Crippen molar-refractivity contribution in [3.05, 3.63) is 12.2 Å². The second-order valence-electron chi connectivity index (χ2n) is 6.18. The predicted octanol–water partition coefficient (Wildman–Crippen LogP) is -12.7. The Hall–Kier alpha value is 2.94. The van der Waals surface area contributed by atoms with Gasteiger partial charge < -0.3 is 34.8 Å². The van der Waals surface area contributed by atoms with Crippen LogP contribution in [0.25, 0.3) is 0 Å². The summed E-state index contributed by atoms with van der Waals surface area (Å²) in [7, 11) is 0. The van der Waals surface area contributed by atoms with Gasteiger partial charge in [0, 0.05) is 37.8 Å². The van der Waals surface area contributed by atoms with Crippen LogP contribution in [0.2, 0.25) is 0 Å². The van der Waals surface area contributed by atoms with Gasteiger partial charge in [-0.05, 0) is 34.1 Å². The Morgan fingerprint density at radius 1 is 0.862 bits per heavy atom. The number of allylic oxidation sites excluding steroid dienone is 1. The van der Waals surface area contributed by atoms with Gasteiger partial charge in [-0.2, -0.15) is 0 Å². The van der Waals surface area contributed by atoms with Crippen LogP contribution >= 0.6 is 0 Å². The normalized spacial score (nSPS) is 14.9. The van der Waals surface area contributed by atoms with Crippen molar-refractivity contribution in [2.24, 2.45) is 0 Å². The molecule has 0 aliphatic heterocycles. The first-order valence-electron chi connectivity index (χ1n) is 8.44. The van der Waals surface area contributed by atoms with E-state index in [0.717, 1.165) is 4.90 Å². The predicted molar refractivity (Wildman–Crippen MR) is 87.1 cm³/mol. The summed E-state index contributed by atoms with van der Waals surface area (Å²) in [5.41, 5.74) is 0. The summed E-state index contributed by atoms with van der Waals surface area (Å²) in [5, 5.41) is 43.4. The van der Waals surface area contributed by atoms with E-state index in [-0.39, 0.29) is 174 Å². The van der Waals surface area contributed by atoms with E-state index >= 15 is 0 Å². The third kappa shape index (κ3) is 16.2. The molecule has 0 aromatic heterocycles. The monoisotopic (exact) mass is 488 g/mol. The van der Waals surface area contributed by atoms with E-state index in [2.05, 4.69) is 0 Å². The molecule has 0 aliphatic rings. The summed E-state index contributed by atoms with van der Waals surface area (Å²) in [6.07, 6.45) is 2.97. The molecule has 1 N–H and O–H groups in total. The topological polar surface area (TPSA) is 147 Å². The number of rotatable bonds is 13. The number of aliphatic carboxylic acids is 3. The molecule has 12 heteroatoms. The summed E-state index contributed by atoms with van der Waals surface area (Å²) >= 11 is 0. The number of aliphatic hydroxyl groups excluding tert-OH is 1. The molecule has 4 atom stereocenters. The number of carboxylic acids is 3. The maximum absolute atomic E-state index is 11.2. The molecule has 4 unspecified atom stereocenters. The molecule has 0 saturated carbocycles. The van der Waals surface area contributed by atoms with E-state index in [4.69, 9.17) is 0 Å². The Balaban J connectivity index is -0.00000104.